The lowest BCUT2D eigenvalue weighted by molar-refractivity contribution is 0.101. The average molecular weight is 165 g/mol. The van der Waals surface area contributed by atoms with Crippen LogP contribution in [0.15, 0.2) is 12.3 Å². The second kappa shape index (κ2) is 3.57. The van der Waals surface area contributed by atoms with Gasteiger partial charge in [-0.25, -0.2) is 0 Å². The summed E-state index contributed by atoms with van der Waals surface area (Å²) in [6, 6.07) is 1.90. The monoisotopic (exact) mass is 165 g/mol. The zero-order valence-electron chi connectivity index (χ0n) is 7.92. The van der Waals surface area contributed by atoms with Crippen LogP contribution in [0.2, 0.25) is 0 Å². The third kappa shape index (κ3) is 1.58. The summed E-state index contributed by atoms with van der Waals surface area (Å²) in [5.41, 5.74) is 1.94. The third-order valence-corrected chi connectivity index (χ3v) is 2.09. The van der Waals surface area contributed by atoms with Crippen molar-refractivity contribution in [3.8, 4) is 0 Å². The van der Waals surface area contributed by atoms with Crippen molar-refractivity contribution in [2.75, 3.05) is 0 Å². The minimum Gasteiger partial charge on any atom is -0.351 e. The highest BCUT2D eigenvalue weighted by Gasteiger charge is 2.06. The van der Waals surface area contributed by atoms with Crippen LogP contribution in [-0.2, 0) is 6.54 Å². The molecule has 0 N–H and O–H groups in total. The second-order valence-corrected chi connectivity index (χ2v) is 3.06. The Balaban J connectivity index is 2.96. The van der Waals surface area contributed by atoms with Gasteiger partial charge in [0.2, 0.25) is 0 Å². The van der Waals surface area contributed by atoms with Crippen molar-refractivity contribution in [2.24, 2.45) is 0 Å². The van der Waals surface area contributed by atoms with Crippen LogP contribution in [0, 0.1) is 6.92 Å². The summed E-state index contributed by atoms with van der Waals surface area (Å²) in [7, 11) is 0. The van der Waals surface area contributed by atoms with Gasteiger partial charge in [-0.05, 0) is 26.3 Å². The summed E-state index contributed by atoms with van der Waals surface area (Å²) in [5.74, 6) is 0.155. The largest absolute Gasteiger partial charge is 0.351 e. The van der Waals surface area contributed by atoms with E-state index in [-0.39, 0.29) is 5.78 Å². The lowest BCUT2D eigenvalue weighted by Crippen LogP contribution is -2.00. The van der Waals surface area contributed by atoms with Gasteiger partial charge in [0.15, 0.2) is 5.78 Å². The van der Waals surface area contributed by atoms with Gasteiger partial charge in [0.25, 0.3) is 0 Å². The summed E-state index contributed by atoms with van der Waals surface area (Å²) < 4.78 is 2.12. The molecule has 66 valence electrons. The van der Waals surface area contributed by atoms with Crippen LogP contribution in [0.25, 0.3) is 0 Å². The number of Topliss-reactive ketones (excluding diaryl/α,β-unsaturated/α-hetero) is 1. The first kappa shape index (κ1) is 9.04. The zero-order valence-corrected chi connectivity index (χ0v) is 7.92. The zero-order chi connectivity index (χ0) is 9.14. The third-order valence-electron chi connectivity index (χ3n) is 2.09. The van der Waals surface area contributed by atoms with Crippen LogP contribution in [0.5, 0.6) is 0 Å². The lowest BCUT2D eigenvalue weighted by Gasteiger charge is -2.03. The van der Waals surface area contributed by atoms with Crippen LogP contribution >= 0.6 is 0 Å². The van der Waals surface area contributed by atoms with Gasteiger partial charge in [0.1, 0.15) is 0 Å². The molecule has 0 aliphatic carbocycles. The maximum atomic E-state index is 11.1. The van der Waals surface area contributed by atoms with E-state index in [1.807, 2.05) is 19.2 Å². The van der Waals surface area contributed by atoms with Gasteiger partial charge in [0, 0.05) is 24.0 Å². The number of hydrogen-bond acceptors (Lipinski definition) is 1. The first-order valence-electron chi connectivity index (χ1n) is 4.33. The van der Waals surface area contributed by atoms with Crippen molar-refractivity contribution in [2.45, 2.75) is 33.7 Å². The molecule has 1 aromatic heterocycles. The predicted octanol–water partition coefficient (Wildman–Crippen LogP) is 2.41. The second-order valence-electron chi connectivity index (χ2n) is 3.06. The molecule has 1 aromatic rings. The van der Waals surface area contributed by atoms with Crippen molar-refractivity contribution in [1.29, 1.82) is 0 Å². The van der Waals surface area contributed by atoms with E-state index in [4.69, 9.17) is 0 Å². The van der Waals surface area contributed by atoms with Gasteiger partial charge >= 0.3 is 0 Å². The highest BCUT2D eigenvalue weighted by atomic mass is 16.1. The van der Waals surface area contributed by atoms with Crippen LogP contribution in [0.4, 0.5) is 0 Å². The van der Waals surface area contributed by atoms with Gasteiger partial charge in [-0.15, -0.1) is 0 Å². The Morgan fingerprint density at radius 3 is 2.67 bits per heavy atom. The minimum atomic E-state index is 0.155. The fourth-order valence-corrected chi connectivity index (χ4v) is 1.41. The number of aromatic nitrogens is 1. The number of carbonyl (C=O) groups is 1. The number of rotatable bonds is 3. The van der Waals surface area contributed by atoms with E-state index in [0.29, 0.717) is 0 Å². The predicted molar refractivity (Wildman–Crippen MR) is 49.5 cm³/mol. The number of aryl methyl sites for hydroxylation is 1. The van der Waals surface area contributed by atoms with Crippen molar-refractivity contribution >= 4 is 5.78 Å². The highest BCUT2D eigenvalue weighted by molar-refractivity contribution is 5.95. The normalized spacial score (nSPS) is 10.2. The molecule has 0 fully saturated rings. The summed E-state index contributed by atoms with van der Waals surface area (Å²) in [4.78, 5) is 11.1. The topological polar surface area (TPSA) is 22.0 Å². The van der Waals surface area contributed by atoms with Crippen molar-refractivity contribution < 1.29 is 4.79 Å². The number of ketones is 1. The SMILES string of the molecule is CCCn1ccc(C(C)=O)c1C. The molecule has 0 radical (unpaired) electrons. The first-order valence-corrected chi connectivity index (χ1v) is 4.33. The molecule has 0 amide bonds. The lowest BCUT2D eigenvalue weighted by atomic mass is 10.2. The summed E-state index contributed by atoms with van der Waals surface area (Å²) >= 11 is 0. The molecule has 2 nitrogen and oxygen atoms in total. The van der Waals surface area contributed by atoms with Crippen LogP contribution in [-0.4, -0.2) is 10.4 Å². The van der Waals surface area contributed by atoms with Gasteiger partial charge in [-0.2, -0.15) is 0 Å². The van der Waals surface area contributed by atoms with Gasteiger partial charge in [0.05, 0.1) is 0 Å². The van der Waals surface area contributed by atoms with E-state index in [2.05, 4.69) is 11.5 Å². The average Bonchev–Trinajstić information content (AvgIpc) is 2.34. The molecular formula is C10H15NO. The molecule has 0 unspecified atom stereocenters. The van der Waals surface area contributed by atoms with E-state index in [0.717, 1.165) is 24.2 Å². The standard InChI is InChI=1S/C10H15NO/c1-4-6-11-7-5-10(8(11)2)9(3)12/h5,7H,4,6H2,1-3H3. The fourth-order valence-electron chi connectivity index (χ4n) is 1.41. The summed E-state index contributed by atoms with van der Waals surface area (Å²) in [6.07, 6.45) is 3.09. The number of nitrogens with zero attached hydrogens (tertiary/aromatic N) is 1. The molecule has 2 heteroatoms. The van der Waals surface area contributed by atoms with Crippen molar-refractivity contribution in [3.63, 3.8) is 0 Å². The van der Waals surface area contributed by atoms with Gasteiger partial charge < -0.3 is 4.57 Å². The maximum Gasteiger partial charge on any atom is 0.161 e. The molecular weight excluding hydrogens is 150 g/mol. The Morgan fingerprint density at radius 2 is 2.25 bits per heavy atom. The van der Waals surface area contributed by atoms with E-state index in [1.54, 1.807) is 6.92 Å². The molecule has 0 saturated heterocycles. The fraction of sp³-hybridized carbons (Fsp3) is 0.500. The smallest absolute Gasteiger partial charge is 0.161 e. The number of hydrogen-bond donors (Lipinski definition) is 0. The quantitative estimate of drug-likeness (QED) is 0.630. The first-order chi connectivity index (χ1) is 5.66. The Kier molecular flexibility index (Phi) is 2.69. The molecule has 0 saturated carbocycles. The Bertz CT molecular complexity index is 286. The Morgan fingerprint density at radius 1 is 1.58 bits per heavy atom. The van der Waals surface area contributed by atoms with E-state index < -0.39 is 0 Å². The Hall–Kier alpha value is -1.05. The van der Waals surface area contributed by atoms with Gasteiger partial charge in [-0.1, -0.05) is 6.92 Å². The molecule has 0 spiro atoms. The van der Waals surface area contributed by atoms with Crippen molar-refractivity contribution in [1.82, 2.24) is 4.57 Å². The number of carbonyl (C=O) groups excluding carboxylic acids is 1. The van der Waals surface area contributed by atoms with Crippen molar-refractivity contribution in [3.05, 3.63) is 23.5 Å². The van der Waals surface area contributed by atoms with E-state index >= 15 is 0 Å². The summed E-state index contributed by atoms with van der Waals surface area (Å²) in [6.45, 7) is 6.73. The van der Waals surface area contributed by atoms with E-state index in [9.17, 15) is 4.79 Å². The highest BCUT2D eigenvalue weighted by Crippen LogP contribution is 2.10. The van der Waals surface area contributed by atoms with E-state index in [1.165, 1.54) is 0 Å². The molecule has 0 aliphatic rings. The molecule has 0 aromatic carbocycles. The van der Waals surface area contributed by atoms with Gasteiger partial charge in [-0.3, -0.25) is 4.79 Å². The molecule has 0 bridgehead atoms. The van der Waals surface area contributed by atoms with Crippen LogP contribution in [0.1, 0.15) is 36.3 Å². The maximum absolute atomic E-state index is 11.1. The Labute approximate surface area is 73.2 Å². The molecule has 1 rings (SSSR count). The van der Waals surface area contributed by atoms with Crippen LogP contribution < -0.4 is 0 Å². The van der Waals surface area contributed by atoms with Crippen LogP contribution in [0.3, 0.4) is 0 Å². The molecule has 0 atom stereocenters. The minimum absolute atomic E-state index is 0.155. The molecule has 0 aliphatic heterocycles. The molecule has 12 heavy (non-hydrogen) atoms. The molecule has 1 heterocycles. The summed E-state index contributed by atoms with van der Waals surface area (Å²) in [5, 5.41) is 0.